The maximum absolute atomic E-state index is 13.9. The Morgan fingerprint density at radius 3 is 2.48 bits per heavy atom. The summed E-state index contributed by atoms with van der Waals surface area (Å²) in [6, 6.07) is 20.6. The van der Waals surface area contributed by atoms with Gasteiger partial charge in [-0.25, -0.2) is 0 Å². The van der Waals surface area contributed by atoms with Crippen molar-refractivity contribution in [3.63, 3.8) is 0 Å². The number of pyridine rings is 1. The van der Waals surface area contributed by atoms with E-state index < -0.39 is 0 Å². The molecule has 3 heterocycles. The molecule has 218 valence electrons. The van der Waals surface area contributed by atoms with Crippen molar-refractivity contribution in [3.8, 4) is 11.1 Å². The van der Waals surface area contributed by atoms with Crippen molar-refractivity contribution in [1.82, 2.24) is 24.6 Å². The predicted octanol–water partition coefficient (Wildman–Crippen LogP) is 5.01. The summed E-state index contributed by atoms with van der Waals surface area (Å²) in [6.45, 7) is 7.65. The third-order valence-corrected chi connectivity index (χ3v) is 7.97. The number of rotatable bonds is 6. The molecule has 0 saturated carbocycles. The highest BCUT2D eigenvalue weighted by atomic mass is 16.2. The van der Waals surface area contributed by atoms with E-state index in [1.54, 1.807) is 17.8 Å². The number of anilines is 1. The highest BCUT2D eigenvalue weighted by molar-refractivity contribution is 5.93. The molecule has 1 aliphatic heterocycles. The quantitative estimate of drug-likeness (QED) is 0.329. The van der Waals surface area contributed by atoms with Crippen molar-refractivity contribution in [2.24, 2.45) is 7.05 Å². The smallest absolute Gasteiger partial charge is 0.223 e. The molecule has 8 heteroatoms. The van der Waals surface area contributed by atoms with E-state index in [0.717, 1.165) is 59.7 Å². The van der Waals surface area contributed by atoms with E-state index in [2.05, 4.69) is 45.3 Å². The van der Waals surface area contributed by atoms with Crippen molar-refractivity contribution >= 4 is 17.5 Å². The molecular formula is C34H40N6O2. The average molecular weight is 565 g/mol. The maximum Gasteiger partial charge on any atom is 0.223 e. The van der Waals surface area contributed by atoms with Crippen LogP contribution in [0.1, 0.15) is 42.1 Å². The van der Waals surface area contributed by atoms with E-state index >= 15 is 0 Å². The van der Waals surface area contributed by atoms with E-state index in [4.69, 9.17) is 0 Å². The van der Waals surface area contributed by atoms with E-state index in [9.17, 15) is 9.59 Å². The summed E-state index contributed by atoms with van der Waals surface area (Å²) < 4.78 is 1.80. The maximum atomic E-state index is 13.9. The minimum Gasteiger partial charge on any atom is -0.337 e. The third kappa shape index (κ3) is 7.31. The van der Waals surface area contributed by atoms with Crippen LogP contribution in [0.15, 0.2) is 79.3 Å². The Hall–Kier alpha value is -4.30. The molecule has 2 aromatic heterocycles. The molecule has 0 atom stereocenters. The number of aryl methyl sites for hydroxylation is 3. The van der Waals surface area contributed by atoms with E-state index in [1.165, 1.54) is 5.56 Å². The number of nitrogens with zero attached hydrogens (tertiary/aromatic N) is 6. The van der Waals surface area contributed by atoms with Crippen molar-refractivity contribution in [2.75, 3.05) is 31.1 Å². The second-order valence-corrected chi connectivity index (χ2v) is 11.1. The van der Waals surface area contributed by atoms with Crippen LogP contribution in [0.2, 0.25) is 0 Å². The summed E-state index contributed by atoms with van der Waals surface area (Å²) in [4.78, 5) is 37.4. The molecule has 0 radical (unpaired) electrons. The fourth-order valence-electron chi connectivity index (χ4n) is 5.75. The molecule has 0 N–H and O–H groups in total. The van der Waals surface area contributed by atoms with Gasteiger partial charge >= 0.3 is 0 Å². The normalized spacial score (nSPS) is 14.7. The van der Waals surface area contributed by atoms with Crippen LogP contribution in [-0.4, -0.2) is 62.6 Å². The summed E-state index contributed by atoms with van der Waals surface area (Å²) >= 11 is 0. The first kappa shape index (κ1) is 29.2. The Kier molecular flexibility index (Phi) is 9.44. The van der Waals surface area contributed by atoms with Crippen LogP contribution in [0.25, 0.3) is 11.1 Å². The lowest BCUT2D eigenvalue weighted by molar-refractivity contribution is -0.132. The van der Waals surface area contributed by atoms with Crippen molar-refractivity contribution < 1.29 is 9.59 Å². The molecule has 0 spiro atoms. The van der Waals surface area contributed by atoms with Gasteiger partial charge in [0.2, 0.25) is 11.8 Å². The average Bonchev–Trinajstić information content (AvgIpc) is 3.31. The van der Waals surface area contributed by atoms with Gasteiger partial charge in [0.05, 0.1) is 5.69 Å². The van der Waals surface area contributed by atoms with Gasteiger partial charge in [0.25, 0.3) is 0 Å². The van der Waals surface area contributed by atoms with E-state index in [0.29, 0.717) is 32.5 Å². The summed E-state index contributed by atoms with van der Waals surface area (Å²) in [6.07, 6.45) is 7.49. The van der Waals surface area contributed by atoms with Crippen LogP contribution >= 0.6 is 0 Å². The second-order valence-electron chi connectivity index (χ2n) is 11.1. The minimum absolute atomic E-state index is 0.00386. The highest BCUT2D eigenvalue weighted by Gasteiger charge is 2.23. The Morgan fingerprint density at radius 2 is 1.76 bits per heavy atom. The fraction of sp³-hybridized carbons (Fsp3) is 0.353. The summed E-state index contributed by atoms with van der Waals surface area (Å²) in [5.74, 6) is 0.105. The number of benzene rings is 2. The first-order valence-electron chi connectivity index (χ1n) is 14.7. The first-order chi connectivity index (χ1) is 20.4. The van der Waals surface area contributed by atoms with Gasteiger partial charge in [0.15, 0.2) is 0 Å². The van der Waals surface area contributed by atoms with Crippen molar-refractivity contribution in [2.45, 2.75) is 46.2 Å². The molecule has 2 aromatic carbocycles. The van der Waals surface area contributed by atoms with Crippen LogP contribution in [0.5, 0.6) is 0 Å². The largest absolute Gasteiger partial charge is 0.337 e. The highest BCUT2D eigenvalue weighted by Crippen LogP contribution is 2.30. The second kappa shape index (κ2) is 13.6. The van der Waals surface area contributed by atoms with Gasteiger partial charge in [-0.3, -0.25) is 24.2 Å². The van der Waals surface area contributed by atoms with E-state index in [1.807, 2.05) is 66.5 Å². The van der Waals surface area contributed by atoms with Crippen LogP contribution in [0.4, 0.5) is 5.69 Å². The van der Waals surface area contributed by atoms with Gasteiger partial charge in [-0.15, -0.1) is 0 Å². The molecular weight excluding hydrogens is 524 g/mol. The summed E-state index contributed by atoms with van der Waals surface area (Å²) in [5.41, 5.74) is 7.15. The Morgan fingerprint density at radius 1 is 0.929 bits per heavy atom. The Labute approximate surface area is 248 Å². The Balaban J connectivity index is 1.47. The zero-order chi connectivity index (χ0) is 29.5. The molecule has 0 bridgehead atoms. The molecule has 1 aliphatic rings. The number of carbonyl (C=O) groups excluding carboxylic acids is 2. The topological polar surface area (TPSA) is 74.6 Å². The van der Waals surface area contributed by atoms with Gasteiger partial charge in [0, 0.05) is 83.9 Å². The number of hydrogen-bond donors (Lipinski definition) is 0. The number of fused-ring (bicyclic) bond motifs is 1. The zero-order valence-corrected chi connectivity index (χ0v) is 24.9. The van der Waals surface area contributed by atoms with E-state index in [-0.39, 0.29) is 11.8 Å². The standard InChI is InChI=1S/C34H40N6O2/c1-26-31(24-37(3)36-26)13-15-34(42)39-20-19-38(23-28-9-5-4-6-10-28)17-8-18-40(27(2)41)33-14-12-29(21-32(33)25-39)30-11-7-16-35-22-30/h4-7,9-12,14,16,21-22,24H,8,13,15,17-20,23,25H2,1-3H3. The minimum atomic E-state index is 0.00386. The first-order valence-corrected chi connectivity index (χ1v) is 14.7. The molecule has 0 fully saturated rings. The molecule has 0 saturated heterocycles. The number of carbonyl (C=O) groups is 2. The van der Waals surface area contributed by atoms with Gasteiger partial charge < -0.3 is 9.80 Å². The SMILES string of the molecule is CC(=O)N1CCCN(Cc2ccccc2)CCN(C(=O)CCc2cn(C)nc2C)Cc2cc(-c3cccnc3)ccc21. The third-order valence-electron chi connectivity index (χ3n) is 7.97. The number of amides is 2. The van der Waals surface area contributed by atoms with Gasteiger partial charge in [-0.2, -0.15) is 5.10 Å². The monoisotopic (exact) mass is 564 g/mol. The van der Waals surface area contributed by atoms with Crippen molar-refractivity contribution in [3.05, 3.63) is 102 Å². The molecule has 4 aromatic rings. The summed E-state index contributed by atoms with van der Waals surface area (Å²) in [7, 11) is 1.91. The lowest BCUT2D eigenvalue weighted by Crippen LogP contribution is -2.38. The zero-order valence-electron chi connectivity index (χ0n) is 24.9. The molecule has 0 aliphatic carbocycles. The fourth-order valence-corrected chi connectivity index (χ4v) is 5.75. The van der Waals surface area contributed by atoms with Gasteiger partial charge in [-0.05, 0) is 65.8 Å². The van der Waals surface area contributed by atoms with Crippen LogP contribution < -0.4 is 4.90 Å². The number of aromatic nitrogens is 3. The lowest BCUT2D eigenvalue weighted by Gasteiger charge is -2.28. The number of hydrogen-bond acceptors (Lipinski definition) is 5. The molecule has 42 heavy (non-hydrogen) atoms. The molecule has 0 unspecified atom stereocenters. The summed E-state index contributed by atoms with van der Waals surface area (Å²) in [5, 5.41) is 4.45. The van der Waals surface area contributed by atoms with Crippen LogP contribution in [0, 0.1) is 6.92 Å². The molecule has 5 rings (SSSR count). The molecule has 8 nitrogen and oxygen atoms in total. The predicted molar refractivity (Wildman–Crippen MR) is 166 cm³/mol. The Bertz CT molecular complexity index is 1500. The van der Waals surface area contributed by atoms with Crippen LogP contribution in [0.3, 0.4) is 0 Å². The van der Waals surface area contributed by atoms with Gasteiger partial charge in [-0.1, -0.05) is 42.5 Å². The van der Waals surface area contributed by atoms with Crippen LogP contribution in [-0.2, 0) is 36.1 Å². The molecule has 2 amide bonds. The lowest BCUT2D eigenvalue weighted by atomic mass is 10.0. The van der Waals surface area contributed by atoms with Gasteiger partial charge in [0.1, 0.15) is 0 Å². The van der Waals surface area contributed by atoms with Crippen molar-refractivity contribution in [1.29, 1.82) is 0 Å².